The van der Waals surface area contributed by atoms with Crippen LogP contribution in [0.1, 0.15) is 10.5 Å². The molecule has 1 aromatic heterocycles. The predicted octanol–water partition coefficient (Wildman–Crippen LogP) is 3.26. The van der Waals surface area contributed by atoms with Gasteiger partial charge in [-0.1, -0.05) is 34.1 Å². The van der Waals surface area contributed by atoms with Crippen LogP contribution in [0.4, 0.5) is 5.69 Å². The summed E-state index contributed by atoms with van der Waals surface area (Å²) < 4.78 is 7.22. The maximum Gasteiger partial charge on any atom is 0.279 e. The number of hydrogen-bond acceptors (Lipinski definition) is 4. The molecule has 0 saturated heterocycles. The molecule has 3 aromatic rings. The molecule has 3 rings (SSSR count). The van der Waals surface area contributed by atoms with Gasteiger partial charge in [-0.2, -0.15) is 9.78 Å². The summed E-state index contributed by atoms with van der Waals surface area (Å²) in [4.78, 5) is 24.8. The standard InChI is InChI=1S/C18H14BrN3O3/c1-25-15-11-16(23)22(14-5-3-2-4-6-14)21-17(15)18(24)20-13-9-7-12(19)8-10-13/h2-11H,1H3,(H,20,24). The fourth-order valence-corrected chi connectivity index (χ4v) is 2.50. The lowest BCUT2D eigenvalue weighted by atomic mass is 10.2. The summed E-state index contributed by atoms with van der Waals surface area (Å²) in [5, 5.41) is 6.93. The van der Waals surface area contributed by atoms with Crippen LogP contribution in [0, 0.1) is 0 Å². The van der Waals surface area contributed by atoms with Gasteiger partial charge in [-0.3, -0.25) is 9.59 Å². The first-order valence-corrected chi connectivity index (χ1v) is 8.18. The molecule has 0 aliphatic carbocycles. The normalized spacial score (nSPS) is 10.3. The first-order chi connectivity index (χ1) is 12.1. The fourth-order valence-electron chi connectivity index (χ4n) is 2.23. The smallest absolute Gasteiger partial charge is 0.279 e. The van der Waals surface area contributed by atoms with Crippen molar-refractivity contribution in [2.75, 3.05) is 12.4 Å². The lowest BCUT2D eigenvalue weighted by Crippen LogP contribution is -2.26. The number of ether oxygens (including phenoxy) is 1. The van der Waals surface area contributed by atoms with Gasteiger partial charge in [0.25, 0.3) is 11.5 Å². The Morgan fingerprint density at radius 2 is 1.80 bits per heavy atom. The van der Waals surface area contributed by atoms with E-state index in [0.717, 1.165) is 4.47 Å². The average Bonchev–Trinajstić information content (AvgIpc) is 2.64. The minimum atomic E-state index is -0.469. The Kier molecular flexibility index (Phi) is 4.95. The zero-order chi connectivity index (χ0) is 17.8. The molecule has 1 heterocycles. The fraction of sp³-hybridized carbons (Fsp3) is 0.0556. The largest absolute Gasteiger partial charge is 0.494 e. The van der Waals surface area contributed by atoms with Crippen molar-refractivity contribution < 1.29 is 9.53 Å². The van der Waals surface area contributed by atoms with Crippen molar-refractivity contribution in [1.29, 1.82) is 0 Å². The van der Waals surface area contributed by atoms with Gasteiger partial charge in [-0.15, -0.1) is 0 Å². The van der Waals surface area contributed by atoms with Gasteiger partial charge in [0.05, 0.1) is 18.9 Å². The summed E-state index contributed by atoms with van der Waals surface area (Å²) in [5.74, 6) is -0.351. The van der Waals surface area contributed by atoms with Crippen molar-refractivity contribution in [3.8, 4) is 11.4 Å². The summed E-state index contributed by atoms with van der Waals surface area (Å²) in [6.45, 7) is 0. The van der Waals surface area contributed by atoms with Gasteiger partial charge in [0.1, 0.15) is 0 Å². The Morgan fingerprint density at radius 3 is 2.44 bits per heavy atom. The molecular formula is C18H14BrN3O3. The SMILES string of the molecule is COc1cc(=O)n(-c2ccccc2)nc1C(=O)Nc1ccc(Br)cc1. The van der Waals surface area contributed by atoms with Gasteiger partial charge >= 0.3 is 0 Å². The Hall–Kier alpha value is -2.93. The number of amides is 1. The number of carbonyl (C=O) groups is 1. The second-order valence-electron chi connectivity index (χ2n) is 5.11. The van der Waals surface area contributed by atoms with Crippen LogP contribution in [-0.4, -0.2) is 22.8 Å². The van der Waals surface area contributed by atoms with Gasteiger partial charge in [0, 0.05) is 10.2 Å². The third-order valence-electron chi connectivity index (χ3n) is 3.43. The summed E-state index contributed by atoms with van der Waals surface area (Å²) >= 11 is 3.34. The molecule has 0 atom stereocenters. The number of halogens is 1. The molecule has 0 aliphatic heterocycles. The number of carbonyl (C=O) groups excluding carboxylic acids is 1. The summed E-state index contributed by atoms with van der Waals surface area (Å²) in [5.41, 5.74) is 0.805. The topological polar surface area (TPSA) is 73.2 Å². The molecule has 126 valence electrons. The van der Waals surface area contributed by atoms with Crippen LogP contribution in [0.25, 0.3) is 5.69 Å². The number of rotatable bonds is 4. The highest BCUT2D eigenvalue weighted by Crippen LogP contribution is 2.18. The number of nitrogens with one attached hydrogen (secondary N) is 1. The molecule has 1 N–H and O–H groups in total. The minimum Gasteiger partial charge on any atom is -0.494 e. The average molecular weight is 400 g/mol. The predicted molar refractivity (Wildman–Crippen MR) is 98.5 cm³/mol. The number of para-hydroxylation sites is 1. The number of aromatic nitrogens is 2. The number of hydrogen-bond donors (Lipinski definition) is 1. The van der Waals surface area contributed by atoms with E-state index in [9.17, 15) is 9.59 Å². The summed E-state index contributed by atoms with van der Waals surface area (Å²) in [6.07, 6.45) is 0. The molecule has 0 saturated carbocycles. The van der Waals surface area contributed by atoms with Crippen molar-refractivity contribution in [2.45, 2.75) is 0 Å². The van der Waals surface area contributed by atoms with Gasteiger partial charge in [0.15, 0.2) is 11.4 Å². The van der Waals surface area contributed by atoms with E-state index < -0.39 is 5.91 Å². The highest BCUT2D eigenvalue weighted by atomic mass is 79.9. The third kappa shape index (κ3) is 3.77. The Balaban J connectivity index is 2.00. The molecule has 0 spiro atoms. The number of benzene rings is 2. The van der Waals surface area contributed by atoms with Crippen molar-refractivity contribution in [2.24, 2.45) is 0 Å². The summed E-state index contributed by atoms with van der Waals surface area (Å²) in [6, 6.07) is 17.2. The number of anilines is 1. The first-order valence-electron chi connectivity index (χ1n) is 7.39. The molecule has 7 heteroatoms. The lowest BCUT2D eigenvalue weighted by Gasteiger charge is -2.11. The van der Waals surface area contributed by atoms with E-state index >= 15 is 0 Å². The van der Waals surface area contributed by atoms with Crippen LogP contribution in [0.3, 0.4) is 0 Å². The molecule has 0 aliphatic rings. The van der Waals surface area contributed by atoms with Gasteiger partial charge in [0.2, 0.25) is 0 Å². The molecule has 0 radical (unpaired) electrons. The minimum absolute atomic E-state index is 0.0221. The van der Waals surface area contributed by atoms with E-state index in [0.29, 0.717) is 11.4 Å². The molecule has 1 amide bonds. The highest BCUT2D eigenvalue weighted by molar-refractivity contribution is 9.10. The van der Waals surface area contributed by atoms with Gasteiger partial charge in [-0.25, -0.2) is 0 Å². The highest BCUT2D eigenvalue weighted by Gasteiger charge is 2.18. The zero-order valence-corrected chi connectivity index (χ0v) is 14.9. The van der Waals surface area contributed by atoms with Crippen molar-refractivity contribution >= 4 is 27.5 Å². The van der Waals surface area contributed by atoms with Crippen LogP contribution < -0.4 is 15.6 Å². The van der Waals surface area contributed by atoms with Crippen molar-refractivity contribution in [1.82, 2.24) is 9.78 Å². The molecular weight excluding hydrogens is 386 g/mol. The van der Waals surface area contributed by atoms with E-state index in [1.807, 2.05) is 18.2 Å². The quantitative estimate of drug-likeness (QED) is 0.730. The maximum absolute atomic E-state index is 12.6. The molecule has 2 aromatic carbocycles. The summed E-state index contributed by atoms with van der Waals surface area (Å²) in [7, 11) is 1.39. The van der Waals surface area contributed by atoms with Gasteiger partial charge in [-0.05, 0) is 36.4 Å². The van der Waals surface area contributed by atoms with Gasteiger partial charge < -0.3 is 10.1 Å². The molecule has 0 bridgehead atoms. The first kappa shape index (κ1) is 16.9. The number of methoxy groups -OCH3 is 1. The van der Waals surface area contributed by atoms with E-state index in [2.05, 4.69) is 26.3 Å². The van der Waals surface area contributed by atoms with Crippen molar-refractivity contribution in [3.63, 3.8) is 0 Å². The molecule has 0 fully saturated rings. The van der Waals surface area contributed by atoms with Crippen LogP contribution in [0.2, 0.25) is 0 Å². The van der Waals surface area contributed by atoms with E-state index in [1.165, 1.54) is 17.9 Å². The Bertz CT molecular complexity index is 954. The lowest BCUT2D eigenvalue weighted by molar-refractivity contribution is 0.101. The third-order valence-corrected chi connectivity index (χ3v) is 3.96. The zero-order valence-electron chi connectivity index (χ0n) is 13.3. The molecule has 25 heavy (non-hydrogen) atoms. The Labute approximate surface area is 152 Å². The second kappa shape index (κ2) is 7.31. The Morgan fingerprint density at radius 1 is 1.12 bits per heavy atom. The van der Waals surface area contributed by atoms with E-state index in [-0.39, 0.29) is 17.0 Å². The second-order valence-corrected chi connectivity index (χ2v) is 6.02. The van der Waals surface area contributed by atoms with Crippen LogP contribution in [0.15, 0.2) is 69.9 Å². The maximum atomic E-state index is 12.6. The molecule has 6 nitrogen and oxygen atoms in total. The van der Waals surface area contributed by atoms with Crippen LogP contribution >= 0.6 is 15.9 Å². The number of nitrogens with zero attached hydrogens (tertiary/aromatic N) is 2. The molecule has 0 unspecified atom stereocenters. The van der Waals surface area contributed by atoms with E-state index in [1.54, 1.807) is 36.4 Å². The monoisotopic (exact) mass is 399 g/mol. The van der Waals surface area contributed by atoms with E-state index in [4.69, 9.17) is 4.74 Å². The van der Waals surface area contributed by atoms with Crippen LogP contribution in [0.5, 0.6) is 5.75 Å². The van der Waals surface area contributed by atoms with Crippen molar-refractivity contribution in [3.05, 3.63) is 81.2 Å². The van der Waals surface area contributed by atoms with Crippen LogP contribution in [-0.2, 0) is 0 Å².